The van der Waals surface area contributed by atoms with Crippen molar-refractivity contribution in [3.8, 4) is 11.3 Å². The number of halogens is 4. The van der Waals surface area contributed by atoms with E-state index in [4.69, 9.17) is 0 Å². The van der Waals surface area contributed by atoms with Crippen LogP contribution in [0.25, 0.3) is 11.3 Å². The van der Waals surface area contributed by atoms with Crippen LogP contribution in [0.15, 0.2) is 49.1 Å². The predicted octanol–water partition coefficient (Wildman–Crippen LogP) is 5.33. The Morgan fingerprint density at radius 3 is 2.70 bits per heavy atom. The van der Waals surface area contributed by atoms with Crippen molar-refractivity contribution in [2.45, 2.75) is 32.0 Å². The third kappa shape index (κ3) is 5.02. The number of rotatable bonds is 2. The number of nitrogens with one attached hydrogen (secondary N) is 2. The largest absolute Gasteiger partial charge is 0.417 e. The highest BCUT2D eigenvalue weighted by Crippen LogP contribution is 2.34. The van der Waals surface area contributed by atoms with Crippen LogP contribution >= 0.6 is 0 Å². The van der Waals surface area contributed by atoms with Gasteiger partial charge in [-0.25, -0.2) is 14.2 Å². The zero-order chi connectivity index (χ0) is 23.6. The van der Waals surface area contributed by atoms with Gasteiger partial charge in [0.25, 0.3) is 0 Å². The van der Waals surface area contributed by atoms with E-state index < -0.39 is 23.6 Å². The van der Waals surface area contributed by atoms with Crippen LogP contribution in [0.2, 0.25) is 0 Å². The number of nitrogens with zero attached hydrogens (tertiary/aromatic N) is 4. The average Bonchev–Trinajstić information content (AvgIpc) is 2.76. The Hall–Kier alpha value is -3.76. The molecule has 172 valence electrons. The minimum atomic E-state index is -4.55. The molecule has 11 heteroatoms. The Bertz CT molecular complexity index is 1170. The summed E-state index contributed by atoms with van der Waals surface area (Å²) >= 11 is 0. The van der Waals surface area contributed by atoms with Crippen LogP contribution in [0.3, 0.4) is 0 Å². The number of fused-ring (bicyclic) bond motifs is 1. The number of pyridine rings is 3. The number of carbonyl (C=O) groups is 1. The number of alkyl halides is 3. The molecule has 2 amide bonds. The first-order valence-corrected chi connectivity index (χ1v) is 10.2. The van der Waals surface area contributed by atoms with Crippen molar-refractivity contribution in [1.82, 2.24) is 15.0 Å². The van der Waals surface area contributed by atoms with Gasteiger partial charge in [-0.3, -0.25) is 14.9 Å². The molecule has 0 spiro atoms. The van der Waals surface area contributed by atoms with E-state index in [1.807, 2.05) is 6.92 Å². The smallest absolute Gasteiger partial charge is 0.382 e. The number of hydrogen-bond acceptors (Lipinski definition) is 5. The average molecular weight is 460 g/mol. The van der Waals surface area contributed by atoms with Crippen LogP contribution < -0.4 is 15.5 Å². The van der Waals surface area contributed by atoms with Gasteiger partial charge in [0, 0.05) is 36.6 Å². The fourth-order valence-corrected chi connectivity index (χ4v) is 3.58. The summed E-state index contributed by atoms with van der Waals surface area (Å²) in [5.74, 6) is -0.355. The van der Waals surface area contributed by atoms with Crippen LogP contribution in [-0.2, 0) is 6.18 Å². The summed E-state index contributed by atoms with van der Waals surface area (Å²) in [6.45, 7) is 2.49. The van der Waals surface area contributed by atoms with E-state index >= 15 is 0 Å². The lowest BCUT2D eigenvalue weighted by Gasteiger charge is -2.32. The van der Waals surface area contributed by atoms with E-state index in [0.29, 0.717) is 18.7 Å². The van der Waals surface area contributed by atoms with E-state index in [0.717, 1.165) is 30.9 Å². The fraction of sp³-hybridized carbons (Fsp3) is 0.273. The Morgan fingerprint density at radius 2 is 1.94 bits per heavy atom. The van der Waals surface area contributed by atoms with Gasteiger partial charge in [-0.15, -0.1) is 0 Å². The van der Waals surface area contributed by atoms with Gasteiger partial charge in [0.1, 0.15) is 5.82 Å². The molecule has 2 N–H and O–H groups in total. The van der Waals surface area contributed by atoms with Crippen molar-refractivity contribution < 1.29 is 22.4 Å². The van der Waals surface area contributed by atoms with E-state index in [1.165, 1.54) is 17.3 Å². The van der Waals surface area contributed by atoms with E-state index in [-0.39, 0.29) is 28.8 Å². The summed E-state index contributed by atoms with van der Waals surface area (Å²) in [6, 6.07) is 4.49. The van der Waals surface area contributed by atoms with Crippen molar-refractivity contribution in [3.05, 3.63) is 60.4 Å². The molecule has 4 rings (SSSR count). The third-order valence-corrected chi connectivity index (χ3v) is 5.19. The number of anilines is 3. The maximum absolute atomic E-state index is 13.5. The topological polar surface area (TPSA) is 83.0 Å². The predicted molar refractivity (Wildman–Crippen MR) is 115 cm³/mol. The second-order valence-electron chi connectivity index (χ2n) is 7.64. The Balaban J connectivity index is 1.75. The lowest BCUT2D eigenvalue weighted by atomic mass is 10.1. The van der Waals surface area contributed by atoms with Crippen LogP contribution in [0, 0.1) is 5.82 Å². The van der Waals surface area contributed by atoms with Crippen LogP contribution in [0.4, 0.5) is 39.5 Å². The summed E-state index contributed by atoms with van der Waals surface area (Å²) < 4.78 is 53.0. The van der Waals surface area contributed by atoms with E-state index in [1.54, 1.807) is 12.1 Å². The minimum absolute atomic E-state index is 0.164. The molecule has 0 aromatic carbocycles. The van der Waals surface area contributed by atoms with Crippen LogP contribution in [-0.4, -0.2) is 33.6 Å². The van der Waals surface area contributed by atoms with Gasteiger partial charge in [0.15, 0.2) is 5.82 Å². The highest BCUT2D eigenvalue weighted by Gasteiger charge is 2.32. The number of hydrogen-bond donors (Lipinski definition) is 2. The standard InChI is InChI=1S/C22H20F4N6O/c1-13-3-2-6-29-19-5-4-18(14-7-15(10-27-9-14)22(24,25)26)31-20(19)32(13)21(33)30-17-8-16(23)11-28-12-17/h4-5,7-13,29H,2-3,6H2,1H3,(H,30,33)/t13-/m1/s1. The van der Waals surface area contributed by atoms with Crippen molar-refractivity contribution in [2.24, 2.45) is 0 Å². The fourth-order valence-electron chi connectivity index (χ4n) is 3.58. The maximum atomic E-state index is 13.5. The van der Waals surface area contributed by atoms with Gasteiger partial charge in [-0.2, -0.15) is 13.2 Å². The molecule has 0 bridgehead atoms. The second kappa shape index (κ2) is 9.00. The van der Waals surface area contributed by atoms with Gasteiger partial charge >= 0.3 is 12.2 Å². The molecule has 3 aromatic heterocycles. The lowest BCUT2D eigenvalue weighted by molar-refractivity contribution is -0.137. The highest BCUT2D eigenvalue weighted by molar-refractivity contribution is 6.03. The van der Waals surface area contributed by atoms with Crippen LogP contribution in [0.5, 0.6) is 0 Å². The van der Waals surface area contributed by atoms with Crippen molar-refractivity contribution >= 4 is 23.2 Å². The first-order valence-electron chi connectivity index (χ1n) is 10.2. The summed E-state index contributed by atoms with van der Waals surface area (Å²) in [5, 5.41) is 5.82. The van der Waals surface area contributed by atoms with Gasteiger partial charge in [0.05, 0.1) is 35.0 Å². The van der Waals surface area contributed by atoms with E-state index in [2.05, 4.69) is 25.6 Å². The molecule has 7 nitrogen and oxygen atoms in total. The van der Waals surface area contributed by atoms with Crippen LogP contribution in [0.1, 0.15) is 25.3 Å². The molecule has 0 fully saturated rings. The van der Waals surface area contributed by atoms with Crippen molar-refractivity contribution in [3.63, 3.8) is 0 Å². The molecule has 0 saturated heterocycles. The molecule has 1 aliphatic heterocycles. The maximum Gasteiger partial charge on any atom is 0.417 e. The Labute approximate surface area is 186 Å². The number of carbonyl (C=O) groups excluding carboxylic acids is 1. The van der Waals surface area contributed by atoms with Gasteiger partial charge in [-0.05, 0) is 38.0 Å². The molecular formula is C22H20F4N6O. The zero-order valence-corrected chi connectivity index (χ0v) is 17.5. The molecule has 1 atom stereocenters. The third-order valence-electron chi connectivity index (χ3n) is 5.19. The summed E-state index contributed by atoms with van der Waals surface area (Å²) in [4.78, 5) is 26.5. The number of aromatic nitrogens is 3. The molecule has 3 aromatic rings. The van der Waals surface area contributed by atoms with Crippen molar-refractivity contribution in [2.75, 3.05) is 22.1 Å². The molecule has 33 heavy (non-hydrogen) atoms. The van der Waals surface area contributed by atoms with Gasteiger partial charge in [0.2, 0.25) is 0 Å². The zero-order valence-electron chi connectivity index (χ0n) is 17.5. The molecule has 0 radical (unpaired) electrons. The van der Waals surface area contributed by atoms with E-state index in [9.17, 15) is 22.4 Å². The summed E-state index contributed by atoms with van der Waals surface area (Å²) in [5.41, 5.74) is 0.220. The monoisotopic (exact) mass is 460 g/mol. The molecule has 1 aliphatic rings. The molecular weight excluding hydrogens is 440 g/mol. The Morgan fingerprint density at radius 1 is 1.15 bits per heavy atom. The normalized spacial score (nSPS) is 16.3. The SMILES string of the molecule is C[C@@H]1CCCNc2ccc(-c3cncc(C(F)(F)F)c3)nc2N1C(=O)Nc1cncc(F)c1. The summed E-state index contributed by atoms with van der Waals surface area (Å²) in [6.07, 6.45) is 1.24. The minimum Gasteiger partial charge on any atom is -0.382 e. The summed E-state index contributed by atoms with van der Waals surface area (Å²) in [7, 11) is 0. The van der Waals surface area contributed by atoms with Gasteiger partial charge < -0.3 is 10.6 Å². The number of amides is 2. The molecule has 0 aliphatic carbocycles. The molecule has 0 saturated carbocycles. The van der Waals surface area contributed by atoms with Gasteiger partial charge in [-0.1, -0.05) is 0 Å². The van der Waals surface area contributed by atoms with Crippen molar-refractivity contribution in [1.29, 1.82) is 0 Å². The highest BCUT2D eigenvalue weighted by atomic mass is 19.4. The lowest BCUT2D eigenvalue weighted by Crippen LogP contribution is -2.43. The quantitative estimate of drug-likeness (QED) is 0.505. The number of urea groups is 1. The Kier molecular flexibility index (Phi) is 6.12. The first-order chi connectivity index (χ1) is 15.7. The second-order valence-corrected chi connectivity index (χ2v) is 7.64. The first kappa shape index (κ1) is 22.4. The molecule has 0 unspecified atom stereocenters. The molecule has 4 heterocycles.